The Morgan fingerprint density at radius 1 is 1.12 bits per heavy atom. The molecule has 0 spiro atoms. The van der Waals surface area contributed by atoms with Gasteiger partial charge in [0.2, 0.25) is 5.13 Å². The predicted octanol–water partition coefficient (Wildman–Crippen LogP) is 4.92. The van der Waals surface area contributed by atoms with Crippen molar-refractivity contribution in [2.75, 3.05) is 5.32 Å². The molecule has 0 aliphatic heterocycles. The van der Waals surface area contributed by atoms with Gasteiger partial charge < -0.3 is 9.97 Å². The minimum atomic E-state index is -0.262. The van der Waals surface area contributed by atoms with Crippen molar-refractivity contribution in [1.29, 1.82) is 0 Å². The lowest BCUT2D eigenvalue weighted by molar-refractivity contribution is 0.102. The van der Waals surface area contributed by atoms with E-state index in [0.29, 0.717) is 22.1 Å². The van der Waals surface area contributed by atoms with E-state index in [1.807, 2.05) is 22.9 Å². The van der Waals surface area contributed by atoms with Crippen LogP contribution in [0.3, 0.4) is 0 Å². The Kier molecular flexibility index (Phi) is 4.90. The van der Waals surface area contributed by atoms with Crippen LogP contribution in [0.15, 0.2) is 39.8 Å². The number of anilines is 1. The number of hydrogen-bond acceptors (Lipinski definition) is 7. The molecule has 8 nitrogen and oxygen atoms in total. The Morgan fingerprint density at radius 3 is 2.78 bits per heavy atom. The lowest BCUT2D eigenvalue weighted by Gasteiger charge is -2.17. The number of aromatic nitrogens is 5. The second-order valence-electron chi connectivity index (χ2n) is 8.17. The van der Waals surface area contributed by atoms with Gasteiger partial charge in [-0.25, -0.2) is 4.98 Å². The number of thiophene rings is 1. The number of rotatable bonds is 5. The summed E-state index contributed by atoms with van der Waals surface area (Å²) >= 11 is 2.87. The van der Waals surface area contributed by atoms with Crippen LogP contribution in [0.2, 0.25) is 0 Å². The predicted molar refractivity (Wildman–Crippen MR) is 129 cm³/mol. The summed E-state index contributed by atoms with van der Waals surface area (Å²) in [5.41, 5.74) is 3.34. The molecule has 0 radical (unpaired) electrons. The van der Waals surface area contributed by atoms with Crippen LogP contribution in [0.1, 0.15) is 42.6 Å². The van der Waals surface area contributed by atoms with Crippen molar-refractivity contribution in [2.45, 2.75) is 32.6 Å². The molecule has 162 valence electrons. The fourth-order valence-corrected chi connectivity index (χ4v) is 4.88. The van der Waals surface area contributed by atoms with Gasteiger partial charge in [-0.2, -0.15) is 0 Å². The van der Waals surface area contributed by atoms with E-state index in [0.717, 1.165) is 33.4 Å². The molecule has 0 saturated heterocycles. The fraction of sp³-hybridized carbons (Fsp3) is 0.227. The SMILES string of the molecule is CCC(C)(C)c1nnc(NC(=O)c2ccc3[nH]c(-c4nc5cscc5[nH]c4=O)cc3c2)s1. The minimum absolute atomic E-state index is 0.0843. The van der Waals surface area contributed by atoms with Gasteiger partial charge in [0.1, 0.15) is 5.01 Å². The number of carbonyl (C=O) groups excluding carboxylic acids is 1. The van der Waals surface area contributed by atoms with Crippen LogP contribution in [0.5, 0.6) is 0 Å². The zero-order valence-corrected chi connectivity index (χ0v) is 19.3. The highest BCUT2D eigenvalue weighted by atomic mass is 32.1. The smallest absolute Gasteiger partial charge is 0.276 e. The van der Waals surface area contributed by atoms with Gasteiger partial charge in [-0.05, 0) is 30.7 Å². The monoisotopic (exact) mass is 464 g/mol. The Bertz CT molecular complexity index is 1520. The molecule has 4 heterocycles. The molecule has 0 unspecified atom stereocenters. The number of nitrogens with zero attached hydrogens (tertiary/aromatic N) is 3. The van der Waals surface area contributed by atoms with Gasteiger partial charge in [-0.1, -0.05) is 32.1 Å². The molecule has 0 atom stereocenters. The van der Waals surface area contributed by atoms with E-state index in [-0.39, 0.29) is 16.9 Å². The van der Waals surface area contributed by atoms with Crippen molar-refractivity contribution >= 4 is 55.6 Å². The highest BCUT2D eigenvalue weighted by Crippen LogP contribution is 2.31. The Hall–Kier alpha value is -3.37. The first-order chi connectivity index (χ1) is 15.3. The van der Waals surface area contributed by atoms with Crippen molar-refractivity contribution in [3.63, 3.8) is 0 Å². The zero-order chi connectivity index (χ0) is 22.5. The molecule has 0 saturated carbocycles. The third-order valence-corrected chi connectivity index (χ3v) is 7.52. The molecule has 1 aromatic carbocycles. The molecule has 0 aliphatic carbocycles. The van der Waals surface area contributed by atoms with Crippen LogP contribution < -0.4 is 10.9 Å². The second-order valence-corrected chi connectivity index (χ2v) is 9.90. The first kappa shape index (κ1) is 20.5. The molecule has 3 N–H and O–H groups in total. The van der Waals surface area contributed by atoms with Crippen LogP contribution >= 0.6 is 22.7 Å². The standard InChI is InChI=1S/C22H20N6O2S2/c1-4-22(2,3)20-27-28-21(32-20)26-18(29)11-5-6-13-12(7-11)8-14(23-13)17-19(30)25-16-10-31-9-15(16)24-17/h5-10,23H,4H2,1-3H3,(H,25,30)(H,26,28,29). The molecule has 0 aliphatic rings. The lowest BCUT2D eigenvalue weighted by Crippen LogP contribution is -2.14. The number of H-pyrrole nitrogens is 2. The van der Waals surface area contributed by atoms with Crippen molar-refractivity contribution in [3.05, 3.63) is 56.0 Å². The van der Waals surface area contributed by atoms with Gasteiger partial charge in [-0.15, -0.1) is 21.5 Å². The second kappa shape index (κ2) is 7.64. The molecule has 5 rings (SSSR count). The van der Waals surface area contributed by atoms with Gasteiger partial charge in [-0.3, -0.25) is 14.9 Å². The average molecular weight is 465 g/mol. The maximum atomic E-state index is 12.8. The van der Waals surface area contributed by atoms with Gasteiger partial charge in [0.05, 0.1) is 16.7 Å². The van der Waals surface area contributed by atoms with E-state index in [1.54, 1.807) is 12.1 Å². The Balaban J connectivity index is 1.43. The lowest BCUT2D eigenvalue weighted by atomic mass is 9.91. The topological polar surface area (TPSA) is 116 Å². The highest BCUT2D eigenvalue weighted by molar-refractivity contribution is 7.15. The third kappa shape index (κ3) is 3.61. The molecule has 5 aromatic rings. The summed E-state index contributed by atoms with van der Waals surface area (Å²) in [6.07, 6.45) is 0.930. The maximum absolute atomic E-state index is 12.8. The summed E-state index contributed by atoms with van der Waals surface area (Å²) in [6.45, 7) is 6.31. The van der Waals surface area contributed by atoms with Crippen molar-refractivity contribution < 1.29 is 4.79 Å². The zero-order valence-electron chi connectivity index (χ0n) is 17.6. The van der Waals surface area contributed by atoms with Gasteiger partial charge in [0.25, 0.3) is 11.5 Å². The first-order valence-corrected chi connectivity index (χ1v) is 11.8. The van der Waals surface area contributed by atoms with E-state index < -0.39 is 0 Å². The molecular weight excluding hydrogens is 444 g/mol. The van der Waals surface area contributed by atoms with Gasteiger partial charge >= 0.3 is 0 Å². The number of fused-ring (bicyclic) bond motifs is 2. The minimum Gasteiger partial charge on any atom is -0.353 e. The third-order valence-electron chi connectivity index (χ3n) is 5.58. The number of nitrogens with one attached hydrogen (secondary N) is 3. The number of amides is 1. The van der Waals surface area contributed by atoms with Gasteiger partial charge in [0.15, 0.2) is 5.69 Å². The van der Waals surface area contributed by atoms with Crippen molar-refractivity contribution in [3.8, 4) is 11.4 Å². The quantitative estimate of drug-likeness (QED) is 0.341. The number of hydrogen-bond donors (Lipinski definition) is 3. The van der Waals surface area contributed by atoms with E-state index in [2.05, 4.69) is 51.2 Å². The molecule has 10 heteroatoms. The van der Waals surface area contributed by atoms with Crippen LogP contribution in [0, 0.1) is 0 Å². The average Bonchev–Trinajstić information content (AvgIpc) is 3.51. The van der Waals surface area contributed by atoms with Crippen molar-refractivity contribution in [1.82, 2.24) is 25.1 Å². The summed E-state index contributed by atoms with van der Waals surface area (Å²) in [7, 11) is 0. The maximum Gasteiger partial charge on any atom is 0.276 e. The molecular formula is C22H20N6O2S2. The first-order valence-electron chi connectivity index (χ1n) is 10.1. The number of benzene rings is 1. The number of carbonyl (C=O) groups is 1. The van der Waals surface area contributed by atoms with E-state index in [9.17, 15) is 9.59 Å². The molecule has 32 heavy (non-hydrogen) atoms. The summed E-state index contributed by atoms with van der Waals surface area (Å²) in [4.78, 5) is 35.8. The normalized spacial score (nSPS) is 12.0. The van der Waals surface area contributed by atoms with Crippen LogP contribution in [-0.4, -0.2) is 31.1 Å². The fourth-order valence-electron chi connectivity index (χ4n) is 3.27. The molecule has 4 aromatic heterocycles. The van der Waals surface area contributed by atoms with E-state index in [4.69, 9.17) is 0 Å². The molecule has 0 fully saturated rings. The highest BCUT2D eigenvalue weighted by Gasteiger charge is 2.24. The summed E-state index contributed by atoms with van der Waals surface area (Å²) < 4.78 is 0. The van der Waals surface area contributed by atoms with Gasteiger partial charge in [0, 0.05) is 32.6 Å². The van der Waals surface area contributed by atoms with E-state index in [1.165, 1.54) is 22.7 Å². The molecule has 0 bridgehead atoms. The van der Waals surface area contributed by atoms with Crippen LogP contribution in [-0.2, 0) is 5.41 Å². The van der Waals surface area contributed by atoms with E-state index >= 15 is 0 Å². The largest absolute Gasteiger partial charge is 0.353 e. The summed E-state index contributed by atoms with van der Waals surface area (Å²) in [5, 5.41) is 17.1. The van der Waals surface area contributed by atoms with Crippen LogP contribution in [0.4, 0.5) is 5.13 Å². The molecule has 1 amide bonds. The Labute approximate surface area is 190 Å². The van der Waals surface area contributed by atoms with Crippen molar-refractivity contribution in [2.24, 2.45) is 0 Å². The summed E-state index contributed by atoms with van der Waals surface area (Å²) in [5.74, 6) is -0.262. The number of aromatic amines is 2. The summed E-state index contributed by atoms with van der Waals surface area (Å²) in [6, 6.07) is 7.15. The Morgan fingerprint density at radius 2 is 1.97 bits per heavy atom. The van der Waals surface area contributed by atoms with Crippen LogP contribution in [0.25, 0.3) is 33.3 Å².